The van der Waals surface area contributed by atoms with Gasteiger partial charge < -0.3 is 10.4 Å². The van der Waals surface area contributed by atoms with E-state index in [0.29, 0.717) is 0 Å². The zero-order chi connectivity index (χ0) is 17.7. The molecule has 0 spiro atoms. The summed E-state index contributed by atoms with van der Waals surface area (Å²) in [6, 6.07) is 9.41. The number of hydrogen-bond donors (Lipinski definition) is 2. The van der Waals surface area contributed by atoms with Crippen LogP contribution in [0, 0.1) is 11.2 Å². The molecule has 0 aliphatic rings. The summed E-state index contributed by atoms with van der Waals surface area (Å²) in [5.74, 6) is -1.50. The van der Waals surface area contributed by atoms with Crippen LogP contribution < -0.4 is 5.32 Å². The van der Waals surface area contributed by atoms with E-state index in [9.17, 15) is 14.0 Å². The number of carboxylic acid groups (broad SMARTS) is 1. The maximum atomic E-state index is 13.2. The molecule has 0 radical (unpaired) electrons. The van der Waals surface area contributed by atoms with Crippen LogP contribution in [0.3, 0.4) is 0 Å². The minimum absolute atomic E-state index is 0.0827. The summed E-state index contributed by atoms with van der Waals surface area (Å²) in [4.78, 5) is 24.2. The summed E-state index contributed by atoms with van der Waals surface area (Å²) in [6.07, 6.45) is 0.0169. The van der Waals surface area contributed by atoms with Crippen LogP contribution in [-0.2, 0) is 9.59 Å². The van der Waals surface area contributed by atoms with Gasteiger partial charge in [-0.1, -0.05) is 32.0 Å². The second-order valence-corrected chi connectivity index (χ2v) is 7.46. The normalized spacial score (nSPS) is 12.6. The van der Waals surface area contributed by atoms with Gasteiger partial charge in [-0.3, -0.25) is 9.59 Å². The molecule has 0 saturated carbocycles. The number of carbonyl (C=O) groups is 2. The quantitative estimate of drug-likeness (QED) is 0.794. The van der Waals surface area contributed by atoms with E-state index < -0.39 is 11.4 Å². The SMILES string of the molecule is CC(C)(CC(=O)O)CC(=O)N[C@@H](c1ccc(F)cc1)c1cccs1. The lowest BCUT2D eigenvalue weighted by atomic mass is 9.85. The van der Waals surface area contributed by atoms with Crippen molar-refractivity contribution < 1.29 is 19.1 Å². The number of thiophene rings is 1. The number of hydrogen-bond acceptors (Lipinski definition) is 3. The maximum Gasteiger partial charge on any atom is 0.303 e. The second-order valence-electron chi connectivity index (χ2n) is 6.48. The third kappa shape index (κ3) is 5.16. The molecule has 24 heavy (non-hydrogen) atoms. The Morgan fingerprint density at radius 3 is 2.42 bits per heavy atom. The molecule has 6 heteroatoms. The van der Waals surface area contributed by atoms with Crippen LogP contribution in [0.5, 0.6) is 0 Å². The van der Waals surface area contributed by atoms with Gasteiger partial charge in [-0.2, -0.15) is 0 Å². The molecule has 1 amide bonds. The smallest absolute Gasteiger partial charge is 0.303 e. The summed E-state index contributed by atoms with van der Waals surface area (Å²) in [6.45, 7) is 3.50. The van der Waals surface area contributed by atoms with Crippen molar-refractivity contribution in [3.05, 3.63) is 58.0 Å². The Labute approximate surface area is 144 Å². The fourth-order valence-electron chi connectivity index (χ4n) is 2.55. The van der Waals surface area contributed by atoms with Crippen molar-refractivity contribution in [2.75, 3.05) is 0 Å². The van der Waals surface area contributed by atoms with E-state index in [4.69, 9.17) is 5.11 Å². The fourth-order valence-corrected chi connectivity index (χ4v) is 3.35. The first-order valence-corrected chi connectivity index (χ1v) is 8.45. The highest BCUT2D eigenvalue weighted by molar-refractivity contribution is 7.10. The number of carboxylic acids is 1. The predicted octanol–water partition coefficient (Wildman–Crippen LogP) is 3.98. The van der Waals surface area contributed by atoms with E-state index >= 15 is 0 Å². The van der Waals surface area contributed by atoms with Gasteiger partial charge in [0.15, 0.2) is 0 Å². The highest BCUT2D eigenvalue weighted by Gasteiger charge is 2.27. The van der Waals surface area contributed by atoms with E-state index in [2.05, 4.69) is 5.32 Å². The lowest BCUT2D eigenvalue weighted by Crippen LogP contribution is -2.33. The number of aliphatic carboxylic acids is 1. The van der Waals surface area contributed by atoms with Crippen LogP contribution >= 0.6 is 11.3 Å². The molecule has 2 rings (SSSR count). The summed E-state index contributed by atoms with van der Waals surface area (Å²) in [7, 11) is 0. The summed E-state index contributed by atoms with van der Waals surface area (Å²) >= 11 is 1.50. The van der Waals surface area contributed by atoms with Gasteiger partial charge in [-0.05, 0) is 34.6 Å². The minimum Gasteiger partial charge on any atom is -0.481 e. The number of carbonyl (C=O) groups excluding carboxylic acids is 1. The Bertz CT molecular complexity index is 696. The molecule has 0 bridgehead atoms. The summed E-state index contributed by atoms with van der Waals surface area (Å²) in [5, 5.41) is 13.8. The van der Waals surface area contributed by atoms with E-state index in [1.165, 1.54) is 23.5 Å². The zero-order valence-corrected chi connectivity index (χ0v) is 14.4. The Morgan fingerprint density at radius 2 is 1.88 bits per heavy atom. The van der Waals surface area contributed by atoms with Crippen molar-refractivity contribution in [1.82, 2.24) is 5.32 Å². The molecule has 1 heterocycles. The van der Waals surface area contributed by atoms with Crippen LogP contribution in [0.15, 0.2) is 41.8 Å². The third-order valence-corrected chi connectivity index (χ3v) is 4.54. The first kappa shape index (κ1) is 18.1. The topological polar surface area (TPSA) is 66.4 Å². The van der Waals surface area contributed by atoms with Crippen molar-refractivity contribution in [3.63, 3.8) is 0 Å². The van der Waals surface area contributed by atoms with Crippen LogP contribution in [0.1, 0.15) is 43.2 Å². The number of amides is 1. The number of benzene rings is 1. The molecule has 0 aliphatic carbocycles. The van der Waals surface area contributed by atoms with Crippen LogP contribution in [0.2, 0.25) is 0 Å². The molecule has 0 saturated heterocycles. The van der Waals surface area contributed by atoms with Gasteiger partial charge in [0.1, 0.15) is 5.82 Å². The largest absolute Gasteiger partial charge is 0.481 e. The fraction of sp³-hybridized carbons (Fsp3) is 0.333. The van der Waals surface area contributed by atoms with E-state index in [0.717, 1.165) is 10.4 Å². The number of rotatable bonds is 7. The molecule has 2 aromatic rings. The molecule has 128 valence electrons. The Balaban J connectivity index is 2.16. The van der Waals surface area contributed by atoms with E-state index in [-0.39, 0.29) is 30.6 Å². The van der Waals surface area contributed by atoms with Gasteiger partial charge >= 0.3 is 5.97 Å². The Hall–Kier alpha value is -2.21. The molecule has 1 aromatic carbocycles. The van der Waals surface area contributed by atoms with Crippen molar-refractivity contribution in [1.29, 1.82) is 0 Å². The molecule has 0 fully saturated rings. The molecule has 1 aromatic heterocycles. The Morgan fingerprint density at radius 1 is 1.21 bits per heavy atom. The molecule has 0 aliphatic heterocycles. The monoisotopic (exact) mass is 349 g/mol. The zero-order valence-electron chi connectivity index (χ0n) is 13.6. The minimum atomic E-state index is -0.929. The lowest BCUT2D eigenvalue weighted by Gasteiger charge is -2.24. The van der Waals surface area contributed by atoms with Gasteiger partial charge in [0.2, 0.25) is 5.91 Å². The van der Waals surface area contributed by atoms with Crippen molar-refractivity contribution in [2.45, 2.75) is 32.7 Å². The van der Waals surface area contributed by atoms with Crippen molar-refractivity contribution >= 4 is 23.2 Å². The molecular weight excluding hydrogens is 329 g/mol. The van der Waals surface area contributed by atoms with Crippen molar-refractivity contribution in [3.8, 4) is 0 Å². The highest BCUT2D eigenvalue weighted by atomic mass is 32.1. The molecule has 4 nitrogen and oxygen atoms in total. The van der Waals surface area contributed by atoms with E-state index in [1.54, 1.807) is 26.0 Å². The third-order valence-electron chi connectivity index (χ3n) is 3.61. The molecule has 2 N–H and O–H groups in total. The summed E-state index contributed by atoms with van der Waals surface area (Å²) in [5.41, 5.74) is 0.141. The van der Waals surface area contributed by atoms with Gasteiger partial charge in [0.25, 0.3) is 0 Å². The maximum absolute atomic E-state index is 13.2. The van der Waals surface area contributed by atoms with E-state index in [1.807, 2.05) is 17.5 Å². The first-order valence-electron chi connectivity index (χ1n) is 7.57. The van der Waals surface area contributed by atoms with Crippen LogP contribution in [0.4, 0.5) is 4.39 Å². The lowest BCUT2D eigenvalue weighted by molar-refractivity contribution is -0.139. The van der Waals surface area contributed by atoms with Gasteiger partial charge in [-0.15, -0.1) is 11.3 Å². The molecule has 1 atom stereocenters. The Kier molecular flexibility index (Phi) is 5.72. The molecular formula is C18H20FNO3S. The van der Waals surface area contributed by atoms with Gasteiger partial charge in [-0.25, -0.2) is 4.39 Å². The summed E-state index contributed by atoms with van der Waals surface area (Å²) < 4.78 is 13.2. The second kappa shape index (κ2) is 7.57. The average molecular weight is 349 g/mol. The average Bonchev–Trinajstić information content (AvgIpc) is 2.97. The highest BCUT2D eigenvalue weighted by Crippen LogP contribution is 2.29. The van der Waals surface area contributed by atoms with Crippen molar-refractivity contribution in [2.24, 2.45) is 5.41 Å². The van der Waals surface area contributed by atoms with Crippen LogP contribution in [-0.4, -0.2) is 17.0 Å². The van der Waals surface area contributed by atoms with Gasteiger partial charge in [0, 0.05) is 11.3 Å². The standard InChI is InChI=1S/C18H20FNO3S/c1-18(2,11-16(22)23)10-15(21)20-17(14-4-3-9-24-14)12-5-7-13(19)8-6-12/h3-9,17H,10-11H2,1-2H3,(H,20,21)(H,22,23)/t17-/m0/s1. The predicted molar refractivity (Wildman–Crippen MR) is 91.4 cm³/mol. The number of nitrogens with one attached hydrogen (secondary N) is 1. The molecule has 0 unspecified atom stereocenters. The van der Waals surface area contributed by atoms with Crippen LogP contribution in [0.25, 0.3) is 0 Å². The first-order chi connectivity index (χ1) is 11.3. The van der Waals surface area contributed by atoms with Gasteiger partial charge in [0.05, 0.1) is 12.5 Å². The number of halogens is 1.